The van der Waals surface area contributed by atoms with E-state index in [4.69, 9.17) is 5.11 Å². The largest absolute Gasteiger partial charge is 0.480 e. The number of carbonyl (C=O) groups is 2. The third kappa shape index (κ3) is 4.44. The number of hydrogen-bond acceptors (Lipinski definition) is 3. The van der Waals surface area contributed by atoms with Crippen LogP contribution in [0.15, 0.2) is 24.3 Å². The van der Waals surface area contributed by atoms with Gasteiger partial charge in [0.2, 0.25) is 0 Å². The van der Waals surface area contributed by atoms with E-state index in [0.29, 0.717) is 26.1 Å². The van der Waals surface area contributed by atoms with Gasteiger partial charge in [-0.1, -0.05) is 12.1 Å². The summed E-state index contributed by atoms with van der Waals surface area (Å²) in [4.78, 5) is 26.2. The molecule has 0 aromatic heterocycles. The van der Waals surface area contributed by atoms with Crippen LogP contribution in [0.1, 0.15) is 22.3 Å². The number of amides is 1. The first-order chi connectivity index (χ1) is 10.8. The molecule has 1 fully saturated rings. The van der Waals surface area contributed by atoms with Crippen molar-refractivity contribution in [2.24, 2.45) is 0 Å². The minimum atomic E-state index is -4.59. The second-order valence-corrected chi connectivity index (χ2v) is 5.36. The van der Waals surface area contributed by atoms with Crippen LogP contribution in [0.4, 0.5) is 13.2 Å². The van der Waals surface area contributed by atoms with Gasteiger partial charge in [-0.2, -0.15) is 13.2 Å². The van der Waals surface area contributed by atoms with Gasteiger partial charge in [0.25, 0.3) is 5.91 Å². The van der Waals surface area contributed by atoms with Crippen molar-refractivity contribution in [2.45, 2.75) is 12.6 Å². The van der Waals surface area contributed by atoms with Crippen LogP contribution in [0.3, 0.4) is 0 Å². The van der Waals surface area contributed by atoms with Gasteiger partial charge < -0.3 is 10.0 Å². The van der Waals surface area contributed by atoms with E-state index in [1.165, 1.54) is 23.1 Å². The topological polar surface area (TPSA) is 60.9 Å². The Morgan fingerprint density at radius 3 is 2.43 bits per heavy atom. The van der Waals surface area contributed by atoms with E-state index in [9.17, 15) is 22.8 Å². The van der Waals surface area contributed by atoms with E-state index in [1.807, 2.05) is 0 Å². The molecule has 126 valence electrons. The number of carboxylic acids is 1. The quantitative estimate of drug-likeness (QED) is 0.920. The number of rotatable bonds is 3. The highest BCUT2D eigenvalue weighted by molar-refractivity contribution is 5.96. The smallest absolute Gasteiger partial charge is 0.417 e. The Hall–Kier alpha value is -2.09. The number of halogens is 3. The van der Waals surface area contributed by atoms with E-state index in [1.54, 1.807) is 4.90 Å². The molecule has 0 radical (unpaired) electrons. The molecule has 1 N–H and O–H groups in total. The molecular formula is C15H17F3N2O3. The number of nitrogens with zero attached hydrogens (tertiary/aromatic N) is 2. The number of benzene rings is 1. The Labute approximate surface area is 131 Å². The van der Waals surface area contributed by atoms with Crippen LogP contribution >= 0.6 is 0 Å². The first-order valence-electron chi connectivity index (χ1n) is 7.18. The van der Waals surface area contributed by atoms with Crippen molar-refractivity contribution in [1.29, 1.82) is 0 Å². The predicted molar refractivity (Wildman–Crippen MR) is 76.0 cm³/mol. The fourth-order valence-corrected chi connectivity index (χ4v) is 2.61. The fourth-order valence-electron chi connectivity index (χ4n) is 2.61. The molecule has 1 aromatic carbocycles. The summed E-state index contributed by atoms with van der Waals surface area (Å²) in [5.41, 5.74) is -1.32. The Morgan fingerprint density at radius 2 is 1.78 bits per heavy atom. The standard InChI is InChI=1S/C15H17F3N2O3/c16-15(17,18)12-5-2-1-4-11(12)14(23)20-7-3-6-19(8-9-20)10-13(21)22/h1-2,4-5H,3,6-10H2,(H,21,22). The second-order valence-electron chi connectivity index (χ2n) is 5.36. The normalized spacial score (nSPS) is 16.9. The fraction of sp³-hybridized carbons (Fsp3) is 0.467. The summed E-state index contributed by atoms with van der Waals surface area (Å²) in [6, 6.07) is 4.71. The van der Waals surface area contributed by atoms with E-state index >= 15 is 0 Å². The molecule has 23 heavy (non-hydrogen) atoms. The summed E-state index contributed by atoms with van der Waals surface area (Å²) in [7, 11) is 0. The molecule has 5 nitrogen and oxygen atoms in total. The molecule has 0 bridgehead atoms. The number of hydrogen-bond donors (Lipinski definition) is 1. The molecule has 1 heterocycles. The van der Waals surface area contributed by atoms with Crippen molar-refractivity contribution in [3.8, 4) is 0 Å². The molecular weight excluding hydrogens is 313 g/mol. The highest BCUT2D eigenvalue weighted by atomic mass is 19.4. The van der Waals surface area contributed by atoms with Crippen molar-refractivity contribution >= 4 is 11.9 Å². The number of carboxylic acid groups (broad SMARTS) is 1. The Balaban J connectivity index is 2.14. The van der Waals surface area contributed by atoms with E-state index in [2.05, 4.69) is 0 Å². The van der Waals surface area contributed by atoms with Crippen molar-refractivity contribution in [2.75, 3.05) is 32.7 Å². The first-order valence-corrected chi connectivity index (χ1v) is 7.18. The third-order valence-electron chi connectivity index (χ3n) is 3.70. The van der Waals surface area contributed by atoms with Crippen molar-refractivity contribution in [3.63, 3.8) is 0 Å². The van der Waals surface area contributed by atoms with Gasteiger partial charge in [-0.3, -0.25) is 14.5 Å². The van der Waals surface area contributed by atoms with Gasteiger partial charge in [0, 0.05) is 26.2 Å². The van der Waals surface area contributed by atoms with Crippen LogP contribution in [0.25, 0.3) is 0 Å². The molecule has 1 aliphatic heterocycles. The monoisotopic (exact) mass is 330 g/mol. The molecule has 0 aliphatic carbocycles. The molecule has 2 rings (SSSR count). The van der Waals surface area contributed by atoms with E-state index in [0.717, 1.165) is 6.07 Å². The number of carbonyl (C=O) groups excluding carboxylic acids is 1. The highest BCUT2D eigenvalue weighted by Gasteiger charge is 2.36. The van der Waals surface area contributed by atoms with Crippen LogP contribution < -0.4 is 0 Å². The van der Waals surface area contributed by atoms with Crippen LogP contribution in [-0.4, -0.2) is 59.5 Å². The summed E-state index contributed by atoms with van der Waals surface area (Å²) in [6.07, 6.45) is -4.07. The first kappa shape index (κ1) is 17.3. The van der Waals surface area contributed by atoms with Crippen LogP contribution in [0.2, 0.25) is 0 Å². The van der Waals surface area contributed by atoms with Gasteiger partial charge in [-0.25, -0.2) is 0 Å². The third-order valence-corrected chi connectivity index (χ3v) is 3.70. The minimum Gasteiger partial charge on any atom is -0.480 e. The molecule has 0 atom stereocenters. The summed E-state index contributed by atoms with van der Waals surface area (Å²) < 4.78 is 39.1. The average Bonchev–Trinajstić information content (AvgIpc) is 2.70. The second kappa shape index (κ2) is 6.99. The van der Waals surface area contributed by atoms with Gasteiger partial charge in [0.1, 0.15) is 0 Å². The predicted octanol–water partition coefficient (Wildman–Crippen LogP) is 1.94. The zero-order chi connectivity index (χ0) is 17.0. The molecule has 1 amide bonds. The van der Waals surface area contributed by atoms with Gasteiger partial charge >= 0.3 is 12.1 Å². The molecule has 1 saturated heterocycles. The van der Waals surface area contributed by atoms with Crippen LogP contribution in [0, 0.1) is 0 Å². The van der Waals surface area contributed by atoms with Gasteiger partial charge in [0.05, 0.1) is 17.7 Å². The molecule has 0 spiro atoms. The summed E-state index contributed by atoms with van der Waals surface area (Å²) in [5.74, 6) is -1.64. The zero-order valence-corrected chi connectivity index (χ0v) is 12.3. The lowest BCUT2D eigenvalue weighted by atomic mass is 10.1. The SMILES string of the molecule is O=C(O)CN1CCCN(C(=O)c2ccccc2C(F)(F)F)CC1. The summed E-state index contributed by atoms with van der Waals surface area (Å²) >= 11 is 0. The zero-order valence-electron chi connectivity index (χ0n) is 12.3. The molecule has 1 aromatic rings. The molecule has 0 unspecified atom stereocenters. The Morgan fingerprint density at radius 1 is 1.09 bits per heavy atom. The van der Waals surface area contributed by atoms with Gasteiger partial charge in [-0.15, -0.1) is 0 Å². The number of aliphatic carboxylic acids is 1. The van der Waals surface area contributed by atoms with Crippen molar-refractivity contribution in [3.05, 3.63) is 35.4 Å². The van der Waals surface area contributed by atoms with Crippen molar-refractivity contribution in [1.82, 2.24) is 9.80 Å². The highest BCUT2D eigenvalue weighted by Crippen LogP contribution is 2.32. The number of alkyl halides is 3. The lowest BCUT2D eigenvalue weighted by Crippen LogP contribution is -2.37. The molecule has 0 saturated carbocycles. The minimum absolute atomic E-state index is 0.138. The maximum absolute atomic E-state index is 13.0. The maximum atomic E-state index is 13.0. The summed E-state index contributed by atoms with van der Waals surface area (Å²) in [6.45, 7) is 1.20. The Bertz CT molecular complexity index is 590. The lowest BCUT2D eigenvalue weighted by molar-refractivity contribution is -0.139. The van der Waals surface area contributed by atoms with Crippen LogP contribution in [-0.2, 0) is 11.0 Å². The average molecular weight is 330 g/mol. The van der Waals surface area contributed by atoms with E-state index in [-0.39, 0.29) is 18.7 Å². The van der Waals surface area contributed by atoms with Crippen molar-refractivity contribution < 1.29 is 27.9 Å². The van der Waals surface area contributed by atoms with E-state index < -0.39 is 23.6 Å². The van der Waals surface area contributed by atoms with Gasteiger partial charge in [-0.05, 0) is 18.6 Å². The lowest BCUT2D eigenvalue weighted by Gasteiger charge is -2.23. The van der Waals surface area contributed by atoms with Gasteiger partial charge in [0.15, 0.2) is 0 Å². The molecule has 8 heteroatoms. The summed E-state index contributed by atoms with van der Waals surface area (Å²) in [5, 5.41) is 8.79. The Kier molecular flexibility index (Phi) is 5.25. The maximum Gasteiger partial charge on any atom is 0.417 e. The molecule has 1 aliphatic rings. The van der Waals surface area contributed by atoms with Crippen LogP contribution in [0.5, 0.6) is 0 Å².